The molecule has 0 bridgehead atoms. The van der Waals surface area contributed by atoms with Crippen LogP contribution >= 0.6 is 0 Å². The number of aromatic carboxylic acids is 1. The van der Waals surface area contributed by atoms with Gasteiger partial charge in [0.25, 0.3) is 0 Å². The van der Waals surface area contributed by atoms with Crippen LogP contribution < -0.4 is 0 Å². The molecule has 20 heavy (non-hydrogen) atoms. The van der Waals surface area contributed by atoms with Crippen molar-refractivity contribution in [3.8, 4) is 11.4 Å². The van der Waals surface area contributed by atoms with Crippen molar-refractivity contribution in [1.29, 1.82) is 0 Å². The predicted molar refractivity (Wildman–Crippen MR) is 76.3 cm³/mol. The number of aryl methyl sites for hydroxylation is 1. The summed E-state index contributed by atoms with van der Waals surface area (Å²) in [6.45, 7) is 5.61. The van der Waals surface area contributed by atoms with E-state index >= 15 is 0 Å². The highest BCUT2D eigenvalue weighted by Gasteiger charge is 2.17. The molecule has 2 aromatic rings. The van der Waals surface area contributed by atoms with Gasteiger partial charge >= 0.3 is 5.97 Å². The van der Waals surface area contributed by atoms with Gasteiger partial charge in [0.2, 0.25) is 0 Å². The molecule has 0 amide bonds. The Morgan fingerprint density at radius 2 is 2.05 bits per heavy atom. The van der Waals surface area contributed by atoms with Gasteiger partial charge in [0.05, 0.1) is 11.9 Å². The zero-order valence-corrected chi connectivity index (χ0v) is 11.6. The molecule has 0 atom stereocenters. The van der Waals surface area contributed by atoms with Crippen LogP contribution in [0.25, 0.3) is 11.8 Å². The summed E-state index contributed by atoms with van der Waals surface area (Å²) in [4.78, 5) is 11.2. The van der Waals surface area contributed by atoms with E-state index in [1.165, 1.54) is 10.9 Å². The number of carboxylic acids is 1. The van der Waals surface area contributed by atoms with Crippen LogP contribution in [0.15, 0.2) is 30.0 Å². The Morgan fingerprint density at radius 3 is 2.60 bits per heavy atom. The van der Waals surface area contributed by atoms with Crippen molar-refractivity contribution in [3.63, 3.8) is 0 Å². The molecule has 1 heterocycles. The summed E-state index contributed by atoms with van der Waals surface area (Å²) in [6.07, 6.45) is 3.02. The third-order valence-electron chi connectivity index (χ3n) is 2.82. The fourth-order valence-corrected chi connectivity index (χ4v) is 1.94. The van der Waals surface area contributed by atoms with Crippen molar-refractivity contribution in [2.45, 2.75) is 20.8 Å². The summed E-state index contributed by atoms with van der Waals surface area (Å²) in [5.41, 5.74) is 2.86. The first-order valence-corrected chi connectivity index (χ1v) is 6.16. The van der Waals surface area contributed by atoms with Crippen LogP contribution in [0, 0.1) is 6.92 Å². The molecule has 0 aliphatic rings. The number of benzene rings is 1. The Morgan fingerprint density at radius 1 is 1.35 bits per heavy atom. The maximum Gasteiger partial charge on any atom is 0.339 e. The van der Waals surface area contributed by atoms with Crippen molar-refractivity contribution in [2.75, 3.05) is 0 Å². The summed E-state index contributed by atoms with van der Waals surface area (Å²) < 4.78 is 1.44. The number of aromatic nitrogens is 2. The first-order valence-electron chi connectivity index (χ1n) is 6.16. The monoisotopic (exact) mass is 272 g/mol. The van der Waals surface area contributed by atoms with E-state index < -0.39 is 5.97 Å². The quantitative estimate of drug-likeness (QED) is 0.900. The topological polar surface area (TPSA) is 75.3 Å². The van der Waals surface area contributed by atoms with Crippen LogP contribution in [-0.2, 0) is 0 Å². The van der Waals surface area contributed by atoms with Crippen LogP contribution in [0.4, 0.5) is 0 Å². The fourth-order valence-electron chi connectivity index (χ4n) is 1.94. The van der Waals surface area contributed by atoms with Gasteiger partial charge in [-0.3, -0.25) is 0 Å². The number of rotatable bonds is 3. The first-order chi connectivity index (χ1) is 9.40. The van der Waals surface area contributed by atoms with E-state index in [2.05, 4.69) is 5.10 Å². The van der Waals surface area contributed by atoms with Gasteiger partial charge in [-0.2, -0.15) is 5.10 Å². The third-order valence-corrected chi connectivity index (χ3v) is 2.82. The number of carboxylic acid groups (broad SMARTS) is 1. The molecule has 0 unspecified atom stereocenters. The number of phenols is 1. The highest BCUT2D eigenvalue weighted by atomic mass is 16.4. The second-order valence-corrected chi connectivity index (χ2v) is 4.87. The van der Waals surface area contributed by atoms with E-state index in [-0.39, 0.29) is 11.3 Å². The fraction of sp³-hybridized carbons (Fsp3) is 0.200. The molecule has 0 aliphatic heterocycles. The van der Waals surface area contributed by atoms with Crippen molar-refractivity contribution in [2.24, 2.45) is 0 Å². The number of phenolic OH excluding ortho intramolecular Hbond substituents is 1. The minimum absolute atomic E-state index is 0.0634. The molecule has 2 N–H and O–H groups in total. The smallest absolute Gasteiger partial charge is 0.339 e. The number of nitrogens with zero attached hydrogens (tertiary/aromatic N) is 2. The molecule has 1 aromatic heterocycles. The summed E-state index contributed by atoms with van der Waals surface area (Å²) in [7, 11) is 0. The van der Waals surface area contributed by atoms with Crippen LogP contribution in [0.2, 0.25) is 0 Å². The summed E-state index contributed by atoms with van der Waals surface area (Å²) >= 11 is 0. The number of hydrogen-bond acceptors (Lipinski definition) is 3. The van der Waals surface area contributed by atoms with E-state index in [4.69, 9.17) is 0 Å². The lowest BCUT2D eigenvalue weighted by molar-refractivity contribution is 0.0696. The molecule has 0 spiro atoms. The van der Waals surface area contributed by atoms with Crippen LogP contribution in [0.5, 0.6) is 5.75 Å². The summed E-state index contributed by atoms with van der Waals surface area (Å²) in [5.74, 6) is -0.983. The highest BCUT2D eigenvalue weighted by molar-refractivity contribution is 5.91. The zero-order chi connectivity index (χ0) is 14.9. The molecule has 0 saturated heterocycles. The molecule has 0 aliphatic carbocycles. The minimum atomic E-state index is -1.05. The highest BCUT2D eigenvalue weighted by Crippen LogP contribution is 2.26. The van der Waals surface area contributed by atoms with E-state index in [1.54, 1.807) is 18.2 Å². The maximum atomic E-state index is 11.2. The van der Waals surface area contributed by atoms with Gasteiger partial charge in [0, 0.05) is 0 Å². The average Bonchev–Trinajstić information content (AvgIpc) is 2.72. The molecule has 1 aromatic carbocycles. The molecule has 0 fully saturated rings. The number of hydrogen-bond donors (Lipinski definition) is 2. The second kappa shape index (κ2) is 5.21. The zero-order valence-electron chi connectivity index (χ0n) is 11.6. The maximum absolute atomic E-state index is 11.2. The van der Waals surface area contributed by atoms with E-state index in [9.17, 15) is 15.0 Å². The lowest BCUT2D eigenvalue weighted by atomic mass is 10.1. The van der Waals surface area contributed by atoms with E-state index in [0.717, 1.165) is 11.1 Å². The Bertz CT molecular complexity index is 695. The molecule has 104 valence electrons. The van der Waals surface area contributed by atoms with Gasteiger partial charge in [-0.15, -0.1) is 0 Å². The second-order valence-electron chi connectivity index (χ2n) is 4.87. The first kappa shape index (κ1) is 13.9. The third kappa shape index (κ3) is 2.56. The molecule has 2 rings (SSSR count). The normalized spacial score (nSPS) is 10.3. The van der Waals surface area contributed by atoms with Crippen LogP contribution in [0.3, 0.4) is 0 Å². The van der Waals surface area contributed by atoms with Gasteiger partial charge < -0.3 is 10.2 Å². The molecule has 5 heteroatoms. The Kier molecular flexibility index (Phi) is 3.61. The van der Waals surface area contributed by atoms with Crippen molar-refractivity contribution < 1.29 is 15.0 Å². The Balaban J connectivity index is 2.68. The summed E-state index contributed by atoms with van der Waals surface area (Å²) in [5, 5.41) is 23.3. The minimum Gasteiger partial charge on any atom is -0.506 e. The molecular weight excluding hydrogens is 256 g/mol. The lowest BCUT2D eigenvalue weighted by Crippen LogP contribution is -2.03. The number of carbonyl (C=O) groups is 1. The van der Waals surface area contributed by atoms with Crippen molar-refractivity contribution in [3.05, 3.63) is 46.8 Å². The van der Waals surface area contributed by atoms with Gasteiger partial charge in [-0.05, 0) is 44.5 Å². The number of allylic oxidation sites excluding steroid dienone is 1. The average molecular weight is 272 g/mol. The van der Waals surface area contributed by atoms with Gasteiger partial charge in [-0.1, -0.05) is 11.6 Å². The van der Waals surface area contributed by atoms with Crippen molar-refractivity contribution in [1.82, 2.24) is 9.78 Å². The largest absolute Gasteiger partial charge is 0.506 e. The van der Waals surface area contributed by atoms with E-state index in [1.807, 2.05) is 26.8 Å². The molecular formula is C15H16N2O3. The van der Waals surface area contributed by atoms with Crippen LogP contribution in [0.1, 0.15) is 35.5 Å². The van der Waals surface area contributed by atoms with Gasteiger partial charge in [0.1, 0.15) is 17.0 Å². The Labute approximate surface area is 116 Å². The molecule has 0 saturated carbocycles. The SMILES string of the molecule is CC(C)=Cc1c(C(=O)O)cnn1-c1ccc(C)cc1O. The van der Waals surface area contributed by atoms with Crippen LogP contribution in [-0.4, -0.2) is 26.0 Å². The summed E-state index contributed by atoms with van der Waals surface area (Å²) in [6, 6.07) is 5.17. The van der Waals surface area contributed by atoms with Crippen molar-refractivity contribution >= 4 is 12.0 Å². The van der Waals surface area contributed by atoms with Gasteiger partial charge in [-0.25, -0.2) is 9.48 Å². The Hall–Kier alpha value is -2.56. The standard InChI is InChI=1S/C15H16N2O3/c1-9(2)6-13-11(15(19)20)8-16-17(13)12-5-4-10(3)7-14(12)18/h4-8,18H,1-3H3,(H,19,20). The lowest BCUT2D eigenvalue weighted by Gasteiger charge is -2.09. The molecule has 5 nitrogen and oxygen atoms in total. The van der Waals surface area contributed by atoms with Gasteiger partial charge in [0.15, 0.2) is 0 Å². The van der Waals surface area contributed by atoms with E-state index in [0.29, 0.717) is 11.4 Å². The molecule has 0 radical (unpaired) electrons. The number of aromatic hydroxyl groups is 1. The predicted octanol–water partition coefficient (Wildman–Crippen LogP) is 3.01.